The average Bonchev–Trinajstić information content (AvgIpc) is 2.85. The summed E-state index contributed by atoms with van der Waals surface area (Å²) in [5.41, 5.74) is 1.76. The van der Waals surface area contributed by atoms with Crippen LogP contribution in [0, 0.1) is 23.2 Å². The van der Waals surface area contributed by atoms with Crippen molar-refractivity contribution in [2.24, 2.45) is 11.8 Å². The molecule has 3 unspecified atom stereocenters. The Morgan fingerprint density at radius 3 is 2.80 bits per heavy atom. The standard InChI is InChI=1S/C17H24N2O/c1-4-14-6-7-16(12(14)2)19-11-13-5-8-17(20-3)15(9-13)10-18/h5,8-9,12,14,16,19H,4,6-7,11H2,1-3H3. The molecule has 1 aromatic rings. The van der Waals surface area contributed by atoms with Gasteiger partial charge in [-0.15, -0.1) is 0 Å². The number of hydrogen-bond donors (Lipinski definition) is 1. The van der Waals surface area contributed by atoms with Crippen molar-refractivity contribution in [3.8, 4) is 11.8 Å². The minimum atomic E-state index is 0.604. The fourth-order valence-electron chi connectivity index (χ4n) is 3.31. The summed E-state index contributed by atoms with van der Waals surface area (Å²) in [5.74, 6) is 2.25. The molecule has 3 nitrogen and oxygen atoms in total. The third kappa shape index (κ3) is 3.13. The molecule has 0 aromatic heterocycles. The fourth-order valence-corrected chi connectivity index (χ4v) is 3.31. The molecule has 0 saturated heterocycles. The molecule has 1 aliphatic rings. The molecule has 0 heterocycles. The maximum absolute atomic E-state index is 9.11. The van der Waals surface area contributed by atoms with Gasteiger partial charge in [0.25, 0.3) is 0 Å². The number of benzene rings is 1. The van der Waals surface area contributed by atoms with Gasteiger partial charge in [0.2, 0.25) is 0 Å². The van der Waals surface area contributed by atoms with Crippen molar-refractivity contribution in [3.63, 3.8) is 0 Å². The second-order valence-corrected chi connectivity index (χ2v) is 5.74. The fraction of sp³-hybridized carbons (Fsp3) is 0.588. The van der Waals surface area contributed by atoms with Gasteiger partial charge in [0, 0.05) is 12.6 Å². The number of methoxy groups -OCH3 is 1. The predicted molar refractivity (Wildman–Crippen MR) is 80.5 cm³/mol. The Hall–Kier alpha value is -1.53. The number of nitrogens with zero attached hydrogens (tertiary/aromatic N) is 1. The molecule has 108 valence electrons. The molecule has 0 radical (unpaired) electrons. The highest BCUT2D eigenvalue weighted by molar-refractivity contribution is 5.45. The minimum absolute atomic E-state index is 0.604. The Kier molecular flexibility index (Phi) is 5.03. The van der Waals surface area contributed by atoms with Crippen molar-refractivity contribution in [2.45, 2.75) is 45.7 Å². The summed E-state index contributed by atoms with van der Waals surface area (Å²) in [7, 11) is 1.60. The first-order valence-electron chi connectivity index (χ1n) is 7.50. The maximum Gasteiger partial charge on any atom is 0.136 e. The van der Waals surface area contributed by atoms with E-state index in [1.54, 1.807) is 7.11 Å². The second kappa shape index (κ2) is 6.76. The first-order valence-corrected chi connectivity index (χ1v) is 7.50. The first-order chi connectivity index (χ1) is 9.69. The molecule has 1 N–H and O–H groups in total. The van der Waals surface area contributed by atoms with Gasteiger partial charge in [-0.25, -0.2) is 0 Å². The SMILES string of the molecule is CCC1CCC(NCc2ccc(OC)c(C#N)c2)C1C. The van der Waals surface area contributed by atoms with Crippen molar-refractivity contribution in [1.29, 1.82) is 5.26 Å². The summed E-state index contributed by atoms with van der Waals surface area (Å²) in [6.45, 7) is 5.46. The van der Waals surface area contributed by atoms with E-state index in [1.165, 1.54) is 19.3 Å². The van der Waals surface area contributed by atoms with Gasteiger partial charge < -0.3 is 10.1 Å². The van der Waals surface area contributed by atoms with Gasteiger partial charge >= 0.3 is 0 Å². The zero-order valence-corrected chi connectivity index (χ0v) is 12.6. The lowest BCUT2D eigenvalue weighted by Crippen LogP contribution is -2.32. The zero-order chi connectivity index (χ0) is 14.5. The van der Waals surface area contributed by atoms with E-state index in [9.17, 15) is 0 Å². The zero-order valence-electron chi connectivity index (χ0n) is 12.6. The van der Waals surface area contributed by atoms with E-state index in [-0.39, 0.29) is 0 Å². The molecule has 3 heteroatoms. The molecule has 1 aromatic carbocycles. The van der Waals surface area contributed by atoms with Crippen LogP contribution in [0.2, 0.25) is 0 Å². The molecule has 0 spiro atoms. The topological polar surface area (TPSA) is 45.0 Å². The lowest BCUT2D eigenvalue weighted by atomic mass is 9.93. The van der Waals surface area contributed by atoms with E-state index in [0.717, 1.165) is 23.9 Å². The molecule has 1 saturated carbocycles. The van der Waals surface area contributed by atoms with Crippen LogP contribution in [0.3, 0.4) is 0 Å². The molecular formula is C17H24N2O. The molecular weight excluding hydrogens is 248 g/mol. The van der Waals surface area contributed by atoms with Crippen molar-refractivity contribution < 1.29 is 4.74 Å². The highest BCUT2D eigenvalue weighted by Crippen LogP contribution is 2.34. The Morgan fingerprint density at radius 1 is 1.40 bits per heavy atom. The van der Waals surface area contributed by atoms with E-state index in [1.807, 2.05) is 18.2 Å². The van der Waals surface area contributed by atoms with Gasteiger partial charge in [0.1, 0.15) is 11.8 Å². The van der Waals surface area contributed by atoms with E-state index in [4.69, 9.17) is 10.00 Å². The van der Waals surface area contributed by atoms with Crippen LogP contribution in [0.1, 0.15) is 44.2 Å². The van der Waals surface area contributed by atoms with E-state index in [0.29, 0.717) is 17.4 Å². The van der Waals surface area contributed by atoms with Gasteiger partial charge in [0.05, 0.1) is 12.7 Å². The third-order valence-corrected chi connectivity index (χ3v) is 4.70. The molecule has 0 bridgehead atoms. The summed E-state index contributed by atoms with van der Waals surface area (Å²) < 4.78 is 5.17. The second-order valence-electron chi connectivity index (χ2n) is 5.74. The third-order valence-electron chi connectivity index (χ3n) is 4.70. The largest absolute Gasteiger partial charge is 0.495 e. The summed E-state index contributed by atoms with van der Waals surface area (Å²) in [4.78, 5) is 0. The monoisotopic (exact) mass is 272 g/mol. The summed E-state index contributed by atoms with van der Waals surface area (Å²) in [5, 5.41) is 12.8. The van der Waals surface area contributed by atoms with Gasteiger partial charge in [-0.1, -0.05) is 26.3 Å². The van der Waals surface area contributed by atoms with Gasteiger partial charge in [-0.2, -0.15) is 5.26 Å². The molecule has 1 fully saturated rings. The van der Waals surface area contributed by atoms with Crippen LogP contribution < -0.4 is 10.1 Å². The van der Waals surface area contributed by atoms with Gasteiger partial charge in [-0.05, 0) is 42.4 Å². The average molecular weight is 272 g/mol. The Balaban J connectivity index is 1.96. The Morgan fingerprint density at radius 2 is 2.20 bits per heavy atom. The van der Waals surface area contributed by atoms with Crippen LogP contribution in [-0.2, 0) is 6.54 Å². The number of nitriles is 1. The predicted octanol–water partition coefficient (Wildman–Crippen LogP) is 3.48. The molecule has 0 aliphatic heterocycles. The number of nitrogens with one attached hydrogen (secondary N) is 1. The van der Waals surface area contributed by atoms with Gasteiger partial charge in [-0.3, -0.25) is 0 Å². The van der Waals surface area contributed by atoms with Crippen molar-refractivity contribution >= 4 is 0 Å². The van der Waals surface area contributed by atoms with Crippen LogP contribution in [0.25, 0.3) is 0 Å². The minimum Gasteiger partial charge on any atom is -0.495 e. The van der Waals surface area contributed by atoms with Crippen molar-refractivity contribution in [3.05, 3.63) is 29.3 Å². The lowest BCUT2D eigenvalue weighted by molar-refractivity contribution is 0.344. The van der Waals surface area contributed by atoms with Crippen LogP contribution in [0.15, 0.2) is 18.2 Å². The van der Waals surface area contributed by atoms with Crippen LogP contribution >= 0.6 is 0 Å². The maximum atomic E-state index is 9.11. The molecule has 0 amide bonds. The Bertz CT molecular complexity index is 492. The van der Waals surface area contributed by atoms with Crippen molar-refractivity contribution in [2.75, 3.05) is 7.11 Å². The number of ether oxygens (including phenoxy) is 1. The van der Waals surface area contributed by atoms with E-state index < -0.39 is 0 Å². The Labute approximate surface area is 121 Å². The highest BCUT2D eigenvalue weighted by Gasteiger charge is 2.30. The van der Waals surface area contributed by atoms with Crippen LogP contribution in [-0.4, -0.2) is 13.2 Å². The summed E-state index contributed by atoms with van der Waals surface area (Å²) in [6, 6.07) is 8.62. The molecule has 3 atom stereocenters. The number of rotatable bonds is 5. The molecule has 2 rings (SSSR count). The van der Waals surface area contributed by atoms with E-state index >= 15 is 0 Å². The van der Waals surface area contributed by atoms with Gasteiger partial charge in [0.15, 0.2) is 0 Å². The highest BCUT2D eigenvalue weighted by atomic mass is 16.5. The lowest BCUT2D eigenvalue weighted by Gasteiger charge is -2.21. The van der Waals surface area contributed by atoms with Crippen molar-refractivity contribution in [1.82, 2.24) is 5.32 Å². The first kappa shape index (κ1) is 14.9. The quantitative estimate of drug-likeness (QED) is 0.892. The summed E-state index contributed by atoms with van der Waals surface area (Å²) in [6.07, 6.45) is 3.88. The van der Waals surface area contributed by atoms with Crippen LogP contribution in [0.5, 0.6) is 5.75 Å². The van der Waals surface area contributed by atoms with Crippen LogP contribution in [0.4, 0.5) is 0 Å². The number of hydrogen-bond acceptors (Lipinski definition) is 3. The smallest absolute Gasteiger partial charge is 0.136 e. The van der Waals surface area contributed by atoms with E-state index in [2.05, 4.69) is 25.2 Å². The molecule has 1 aliphatic carbocycles. The molecule has 20 heavy (non-hydrogen) atoms. The normalized spacial score (nSPS) is 25.4. The summed E-state index contributed by atoms with van der Waals surface area (Å²) >= 11 is 0.